The van der Waals surface area contributed by atoms with Gasteiger partial charge in [0, 0.05) is 6.54 Å². The molecule has 0 heterocycles. The minimum Gasteiger partial charge on any atom is -0.480 e. The molecular weight excluding hydrogens is 372 g/mol. The van der Waals surface area contributed by atoms with Gasteiger partial charge in [-0.1, -0.05) is 60.7 Å². The number of amides is 2. The molecule has 29 heavy (non-hydrogen) atoms. The highest BCUT2D eigenvalue weighted by molar-refractivity contribution is 5.80. The number of alkyl carbamates (subject to hydrolysis) is 1. The fourth-order valence-electron chi connectivity index (χ4n) is 2.71. The molecule has 2 amide bonds. The molecule has 0 unspecified atom stereocenters. The van der Waals surface area contributed by atoms with Crippen LogP contribution in [0.3, 0.4) is 0 Å². The second kappa shape index (κ2) is 12.2. The first-order valence-corrected chi connectivity index (χ1v) is 9.55. The van der Waals surface area contributed by atoms with E-state index in [0.717, 1.165) is 11.1 Å². The number of carbonyl (C=O) groups excluding carboxylic acids is 2. The number of rotatable bonds is 11. The van der Waals surface area contributed by atoms with Gasteiger partial charge < -0.3 is 20.5 Å². The van der Waals surface area contributed by atoms with Crippen LogP contribution in [0.5, 0.6) is 0 Å². The number of benzene rings is 2. The van der Waals surface area contributed by atoms with Gasteiger partial charge in [0.05, 0.1) is 6.42 Å². The normalized spacial score (nSPS) is 11.3. The van der Waals surface area contributed by atoms with Crippen molar-refractivity contribution in [1.29, 1.82) is 0 Å². The van der Waals surface area contributed by atoms with E-state index in [9.17, 15) is 19.5 Å². The maximum absolute atomic E-state index is 11.9. The Morgan fingerprint density at radius 2 is 1.52 bits per heavy atom. The van der Waals surface area contributed by atoms with E-state index in [4.69, 9.17) is 4.74 Å². The average molecular weight is 398 g/mol. The largest absolute Gasteiger partial charge is 0.480 e. The van der Waals surface area contributed by atoms with Crippen molar-refractivity contribution in [3.05, 3.63) is 71.8 Å². The first-order chi connectivity index (χ1) is 14.0. The molecular formula is C22H26N2O5. The zero-order valence-corrected chi connectivity index (χ0v) is 16.2. The summed E-state index contributed by atoms with van der Waals surface area (Å²) in [6.45, 7) is 0.531. The van der Waals surface area contributed by atoms with Crippen LogP contribution in [0.4, 0.5) is 4.79 Å². The molecule has 0 saturated carbocycles. The van der Waals surface area contributed by atoms with Crippen LogP contribution in [-0.2, 0) is 27.4 Å². The molecule has 7 heteroatoms. The van der Waals surface area contributed by atoms with Crippen LogP contribution in [0.1, 0.15) is 30.4 Å². The highest BCUT2D eigenvalue weighted by atomic mass is 16.5. The Hall–Kier alpha value is -3.35. The predicted molar refractivity (Wildman–Crippen MR) is 108 cm³/mol. The number of ether oxygens (including phenoxy) is 1. The van der Waals surface area contributed by atoms with Gasteiger partial charge in [-0.3, -0.25) is 4.79 Å². The summed E-state index contributed by atoms with van der Waals surface area (Å²) in [5, 5.41) is 14.5. The molecule has 0 spiro atoms. The Balaban J connectivity index is 1.62. The van der Waals surface area contributed by atoms with Gasteiger partial charge in [0.2, 0.25) is 5.91 Å². The summed E-state index contributed by atoms with van der Waals surface area (Å²) in [7, 11) is 0. The van der Waals surface area contributed by atoms with Crippen LogP contribution < -0.4 is 10.6 Å². The number of nitrogens with one attached hydrogen (secondary N) is 2. The molecule has 3 N–H and O–H groups in total. The van der Waals surface area contributed by atoms with E-state index in [-0.39, 0.29) is 18.9 Å². The lowest BCUT2D eigenvalue weighted by Gasteiger charge is -2.14. The highest BCUT2D eigenvalue weighted by Gasteiger charge is 2.20. The van der Waals surface area contributed by atoms with Crippen molar-refractivity contribution in [1.82, 2.24) is 10.6 Å². The molecule has 0 bridgehead atoms. The molecule has 2 aromatic carbocycles. The molecule has 7 nitrogen and oxygen atoms in total. The maximum Gasteiger partial charge on any atom is 0.408 e. The van der Waals surface area contributed by atoms with Gasteiger partial charge in [0.1, 0.15) is 12.6 Å². The van der Waals surface area contributed by atoms with E-state index in [1.807, 2.05) is 60.7 Å². The molecule has 0 saturated heterocycles. The van der Waals surface area contributed by atoms with Gasteiger partial charge in [0.25, 0.3) is 0 Å². The number of aliphatic carboxylic acids is 1. The second-order valence-corrected chi connectivity index (χ2v) is 6.61. The third kappa shape index (κ3) is 8.92. The van der Waals surface area contributed by atoms with Gasteiger partial charge in [-0.25, -0.2) is 9.59 Å². The number of carboxylic acid groups (broad SMARTS) is 1. The van der Waals surface area contributed by atoms with Crippen molar-refractivity contribution >= 4 is 18.0 Å². The van der Waals surface area contributed by atoms with Gasteiger partial charge in [-0.15, -0.1) is 0 Å². The summed E-state index contributed by atoms with van der Waals surface area (Å²) in [6.07, 6.45) is 0.960. The fraction of sp³-hybridized carbons (Fsp3) is 0.318. The molecule has 0 radical (unpaired) electrons. The topological polar surface area (TPSA) is 105 Å². The van der Waals surface area contributed by atoms with E-state index in [2.05, 4.69) is 10.6 Å². The minimum absolute atomic E-state index is 0.0754. The second-order valence-electron chi connectivity index (χ2n) is 6.61. The first-order valence-electron chi connectivity index (χ1n) is 9.55. The summed E-state index contributed by atoms with van der Waals surface area (Å²) in [5.74, 6) is -1.19. The van der Waals surface area contributed by atoms with Gasteiger partial charge >= 0.3 is 12.1 Å². The number of hydrogen-bond donors (Lipinski definition) is 3. The molecule has 2 rings (SSSR count). The van der Waals surface area contributed by atoms with Crippen molar-refractivity contribution in [2.24, 2.45) is 0 Å². The Bertz CT molecular complexity index is 780. The molecule has 2 aromatic rings. The molecule has 0 aliphatic heterocycles. The van der Waals surface area contributed by atoms with Crippen molar-refractivity contribution in [2.45, 2.75) is 38.3 Å². The smallest absolute Gasteiger partial charge is 0.408 e. The van der Waals surface area contributed by atoms with Crippen LogP contribution in [0.2, 0.25) is 0 Å². The number of hydrogen-bond acceptors (Lipinski definition) is 4. The molecule has 0 fully saturated rings. The van der Waals surface area contributed by atoms with Crippen LogP contribution >= 0.6 is 0 Å². The Morgan fingerprint density at radius 3 is 2.14 bits per heavy atom. The van der Waals surface area contributed by atoms with E-state index in [1.165, 1.54) is 0 Å². The summed E-state index contributed by atoms with van der Waals surface area (Å²) >= 11 is 0. The van der Waals surface area contributed by atoms with E-state index in [0.29, 0.717) is 25.8 Å². The van der Waals surface area contributed by atoms with Crippen LogP contribution in [0, 0.1) is 0 Å². The molecule has 1 atom stereocenters. The Morgan fingerprint density at radius 1 is 0.897 bits per heavy atom. The molecule has 154 valence electrons. The number of unbranched alkanes of at least 4 members (excludes halogenated alkanes) is 1. The summed E-state index contributed by atoms with van der Waals surface area (Å²) < 4.78 is 5.05. The average Bonchev–Trinajstić information content (AvgIpc) is 2.72. The van der Waals surface area contributed by atoms with E-state index in [1.54, 1.807) is 0 Å². The lowest BCUT2D eigenvalue weighted by molar-refractivity contribution is -0.139. The first kappa shape index (κ1) is 21.9. The summed E-state index contributed by atoms with van der Waals surface area (Å²) in [4.78, 5) is 35.0. The van der Waals surface area contributed by atoms with Crippen LogP contribution in [0.25, 0.3) is 0 Å². The molecule has 0 aliphatic rings. The van der Waals surface area contributed by atoms with Crippen molar-refractivity contribution < 1.29 is 24.2 Å². The van der Waals surface area contributed by atoms with Crippen molar-refractivity contribution in [3.8, 4) is 0 Å². The highest BCUT2D eigenvalue weighted by Crippen LogP contribution is 2.04. The Labute approximate surface area is 170 Å². The van der Waals surface area contributed by atoms with E-state index < -0.39 is 18.1 Å². The monoisotopic (exact) mass is 398 g/mol. The minimum atomic E-state index is -1.12. The van der Waals surface area contributed by atoms with Crippen LogP contribution in [-0.4, -0.2) is 35.7 Å². The third-order valence-corrected chi connectivity index (χ3v) is 4.25. The zero-order valence-electron chi connectivity index (χ0n) is 16.2. The molecule has 0 aromatic heterocycles. The lowest BCUT2D eigenvalue weighted by atomic mass is 10.1. The van der Waals surface area contributed by atoms with Crippen LogP contribution in [0.15, 0.2) is 60.7 Å². The van der Waals surface area contributed by atoms with Crippen molar-refractivity contribution in [2.75, 3.05) is 6.54 Å². The Kier molecular flexibility index (Phi) is 9.21. The lowest BCUT2D eigenvalue weighted by Crippen LogP contribution is -2.41. The quantitative estimate of drug-likeness (QED) is 0.505. The number of carboxylic acids is 1. The SMILES string of the molecule is O=C(Cc1ccccc1)NCCCC[C@H](NC(=O)OCc1ccccc1)C(=O)O. The standard InChI is InChI=1S/C22H26N2O5/c25-20(15-17-9-3-1-4-10-17)23-14-8-7-13-19(21(26)27)24-22(28)29-16-18-11-5-2-6-12-18/h1-6,9-12,19H,7-8,13-16H2,(H,23,25)(H,24,28)(H,26,27)/t19-/m0/s1. The predicted octanol–water partition coefficient (Wildman–Crippen LogP) is 2.90. The van der Waals surface area contributed by atoms with Gasteiger partial charge in [0.15, 0.2) is 0 Å². The van der Waals surface area contributed by atoms with E-state index >= 15 is 0 Å². The molecule has 0 aliphatic carbocycles. The maximum atomic E-state index is 11.9. The third-order valence-electron chi connectivity index (χ3n) is 4.25. The van der Waals surface area contributed by atoms with Crippen molar-refractivity contribution in [3.63, 3.8) is 0 Å². The number of carbonyl (C=O) groups is 3. The van der Waals surface area contributed by atoms with Gasteiger partial charge in [-0.2, -0.15) is 0 Å². The summed E-state index contributed by atoms with van der Waals surface area (Å²) in [6, 6.07) is 17.5. The van der Waals surface area contributed by atoms with Gasteiger partial charge in [-0.05, 0) is 30.4 Å². The summed E-state index contributed by atoms with van der Waals surface area (Å²) in [5.41, 5.74) is 1.76. The zero-order chi connectivity index (χ0) is 20.9. The fourth-order valence-corrected chi connectivity index (χ4v) is 2.71.